The third kappa shape index (κ3) is 10.6. The Hall–Kier alpha value is -13.8. The molecule has 0 spiro atoms. The number of nitrogens with zero attached hydrogens (tertiary/aromatic N) is 4. The van der Waals surface area contributed by atoms with E-state index >= 15 is 0 Å². The number of para-hydroxylation sites is 1. The van der Waals surface area contributed by atoms with Gasteiger partial charge in [0, 0.05) is 78.3 Å². The van der Waals surface area contributed by atoms with Crippen molar-refractivity contribution in [2.75, 3.05) is 0 Å². The van der Waals surface area contributed by atoms with Gasteiger partial charge in [0.25, 0.3) is 0 Å². The summed E-state index contributed by atoms with van der Waals surface area (Å²) in [5.41, 5.74) is 42.8. The molecule has 550 valence electrons. The van der Waals surface area contributed by atoms with Crippen molar-refractivity contribution in [3.63, 3.8) is 0 Å². The molecule has 4 nitrogen and oxygen atoms in total. The summed E-state index contributed by atoms with van der Waals surface area (Å²) in [6.07, 6.45) is 5.62. The molecule has 0 N–H and O–H groups in total. The standard InChI is InChI=1S/C58H42N2.C54H40N2/c1-57(2)50-18-10-7-14-41(50)43-27-25-37(31-52(43)57)47-33-49-48(36-23-21-35(22-24-36)39-29-30-59-54-20-12-9-16-45(39)54)34-55(60-56(49)46-17-6-5-13-40(46)47)38-26-28-44-42-15-8-11-19-51(42)58(3,4)53(44)32-38;1-53(2)47-15-9-7-12-39(47)41-23-21-36(29-49(41)53)44-31-46-45(35-19-17-33(18-20-35)34-25-27-55-28-26-34)32-51(56-52(46)43-14-6-5-11-38(43)44)37-22-24-42-40-13-8-10-16-48(40)54(3,4)50(42)30-37/h5-34H,1-4H3;5-32H,1-4H3. The van der Waals surface area contributed by atoms with Crippen LogP contribution in [-0.2, 0) is 21.7 Å². The molecule has 4 heteroatoms. The Kier molecular flexibility index (Phi) is 15.4. The molecule has 4 aromatic heterocycles. The number of aromatic nitrogens is 4. The third-order valence-electron chi connectivity index (χ3n) is 26.6. The van der Waals surface area contributed by atoms with Gasteiger partial charge in [-0.25, -0.2) is 9.97 Å². The average Bonchev–Trinajstić information content (AvgIpc) is 1.58. The highest BCUT2D eigenvalue weighted by Crippen LogP contribution is 2.56. The van der Waals surface area contributed by atoms with E-state index in [-0.39, 0.29) is 21.7 Å². The first-order valence-corrected chi connectivity index (χ1v) is 40.7. The second-order valence-corrected chi connectivity index (χ2v) is 34.3. The van der Waals surface area contributed by atoms with Gasteiger partial charge in [-0.05, 0) is 239 Å². The maximum Gasteiger partial charge on any atom is 0.0794 e. The van der Waals surface area contributed by atoms with Crippen LogP contribution in [0.2, 0.25) is 0 Å². The molecule has 0 saturated heterocycles. The Morgan fingerprint density at radius 2 is 0.474 bits per heavy atom. The molecule has 4 heterocycles. The lowest BCUT2D eigenvalue weighted by atomic mass is 9.81. The van der Waals surface area contributed by atoms with E-state index in [1.54, 1.807) is 0 Å². The third-order valence-corrected chi connectivity index (χ3v) is 26.6. The summed E-state index contributed by atoms with van der Waals surface area (Å²) in [5, 5.41) is 8.19. The van der Waals surface area contributed by atoms with E-state index in [1.807, 2.05) is 18.6 Å². The van der Waals surface area contributed by atoms with Crippen LogP contribution in [0.5, 0.6) is 0 Å². The largest absolute Gasteiger partial charge is 0.265 e. The summed E-state index contributed by atoms with van der Waals surface area (Å²) in [7, 11) is 0. The average molecular weight is 1480 g/mol. The lowest BCUT2D eigenvalue weighted by molar-refractivity contribution is 0.660. The van der Waals surface area contributed by atoms with Crippen LogP contribution in [0.15, 0.2) is 352 Å². The molecule has 0 unspecified atom stereocenters. The molecule has 0 atom stereocenters. The fourth-order valence-electron chi connectivity index (χ4n) is 20.4. The fraction of sp³-hybridized carbons (Fsp3) is 0.107. The SMILES string of the molecule is CC1(C)c2ccccc2-c2ccc(-c3cc(-c4ccc(-c5ccnc6ccccc56)cc4)c4cc(-c5ccc6c(c5)C(C)(C)c5ccccc5-6)c5ccccc5c4n3)cc21.CC1(C)c2ccccc2-c2ccc(-c3cc(-c4ccc(-c5ccncc5)cc4)c4cc(-c5ccc6c(c5)C(C)(C)c5ccccc5-6)c5ccccc5c4n3)cc21. The van der Waals surface area contributed by atoms with Crippen molar-refractivity contribution in [1.29, 1.82) is 0 Å². The Bertz CT molecular complexity index is 7360. The smallest absolute Gasteiger partial charge is 0.0794 e. The van der Waals surface area contributed by atoms with Crippen LogP contribution in [0.1, 0.15) is 99.9 Å². The lowest BCUT2D eigenvalue weighted by Gasteiger charge is -2.22. The molecule has 23 rings (SSSR count). The lowest BCUT2D eigenvalue weighted by Crippen LogP contribution is -2.15. The topological polar surface area (TPSA) is 51.6 Å². The second kappa shape index (κ2) is 25.9. The van der Waals surface area contributed by atoms with E-state index in [1.165, 1.54) is 150 Å². The molecule has 116 heavy (non-hydrogen) atoms. The van der Waals surface area contributed by atoms with Gasteiger partial charge in [0.15, 0.2) is 0 Å². The summed E-state index contributed by atoms with van der Waals surface area (Å²) in [4.78, 5) is 20.1. The van der Waals surface area contributed by atoms with Gasteiger partial charge in [-0.1, -0.05) is 316 Å². The quantitative estimate of drug-likeness (QED) is 0.142. The Labute approximate surface area is 677 Å². The minimum Gasteiger partial charge on any atom is -0.265 e. The van der Waals surface area contributed by atoms with Gasteiger partial charge < -0.3 is 0 Å². The van der Waals surface area contributed by atoms with E-state index in [2.05, 4.69) is 399 Å². The van der Waals surface area contributed by atoms with Crippen LogP contribution in [-0.4, -0.2) is 19.9 Å². The zero-order valence-corrected chi connectivity index (χ0v) is 66.3. The van der Waals surface area contributed by atoms with Crippen LogP contribution in [0, 0.1) is 0 Å². The molecule has 0 radical (unpaired) electrons. The highest BCUT2D eigenvalue weighted by Gasteiger charge is 2.40. The zero-order valence-electron chi connectivity index (χ0n) is 66.3. The van der Waals surface area contributed by atoms with Crippen LogP contribution in [0.3, 0.4) is 0 Å². The van der Waals surface area contributed by atoms with Crippen molar-refractivity contribution in [2.24, 2.45) is 0 Å². The molecule has 0 saturated carbocycles. The predicted octanol–water partition coefficient (Wildman–Crippen LogP) is 29.3. The molecule has 4 aliphatic rings. The van der Waals surface area contributed by atoms with Crippen molar-refractivity contribution in [3.05, 3.63) is 397 Å². The van der Waals surface area contributed by atoms with Crippen LogP contribution in [0.4, 0.5) is 0 Å². The number of rotatable bonds is 8. The zero-order chi connectivity index (χ0) is 78.1. The van der Waals surface area contributed by atoms with E-state index in [0.29, 0.717) is 0 Å². The van der Waals surface area contributed by atoms with Gasteiger partial charge >= 0.3 is 0 Å². The van der Waals surface area contributed by atoms with Crippen LogP contribution < -0.4 is 0 Å². The van der Waals surface area contributed by atoms with E-state index in [9.17, 15) is 0 Å². The van der Waals surface area contributed by atoms with Crippen molar-refractivity contribution in [2.45, 2.75) is 77.0 Å². The van der Waals surface area contributed by atoms with Crippen molar-refractivity contribution < 1.29 is 0 Å². The minimum atomic E-state index is -0.109. The first-order chi connectivity index (χ1) is 56.5. The van der Waals surface area contributed by atoms with Crippen LogP contribution >= 0.6 is 0 Å². The first kappa shape index (κ1) is 69.0. The molecular formula is C112H82N4. The van der Waals surface area contributed by atoms with Crippen molar-refractivity contribution >= 4 is 54.3 Å². The van der Waals surface area contributed by atoms with Crippen LogP contribution in [0.25, 0.3) is 188 Å². The first-order valence-electron chi connectivity index (χ1n) is 40.7. The summed E-state index contributed by atoms with van der Waals surface area (Å²) < 4.78 is 0. The number of pyridine rings is 4. The molecule has 0 aliphatic heterocycles. The fourth-order valence-corrected chi connectivity index (χ4v) is 20.4. The molecule has 15 aromatic carbocycles. The summed E-state index contributed by atoms with van der Waals surface area (Å²) >= 11 is 0. The summed E-state index contributed by atoms with van der Waals surface area (Å²) in [6.45, 7) is 18.8. The van der Waals surface area contributed by atoms with E-state index in [4.69, 9.17) is 9.97 Å². The second-order valence-electron chi connectivity index (χ2n) is 34.3. The van der Waals surface area contributed by atoms with Gasteiger partial charge in [0.1, 0.15) is 0 Å². The van der Waals surface area contributed by atoms with E-state index in [0.717, 1.165) is 82.7 Å². The number of hydrogen-bond acceptors (Lipinski definition) is 4. The molecule has 0 bridgehead atoms. The molecule has 19 aromatic rings. The Morgan fingerprint density at radius 1 is 0.181 bits per heavy atom. The van der Waals surface area contributed by atoms with Gasteiger partial charge in [0.05, 0.1) is 27.9 Å². The van der Waals surface area contributed by atoms with Gasteiger partial charge in [-0.15, -0.1) is 0 Å². The van der Waals surface area contributed by atoms with Gasteiger partial charge in [-0.3, -0.25) is 9.97 Å². The molecule has 0 fully saturated rings. The highest BCUT2D eigenvalue weighted by atomic mass is 14.7. The van der Waals surface area contributed by atoms with Gasteiger partial charge in [0.2, 0.25) is 0 Å². The van der Waals surface area contributed by atoms with Gasteiger partial charge in [-0.2, -0.15) is 0 Å². The minimum absolute atomic E-state index is 0.0848. The maximum absolute atomic E-state index is 5.62. The monoisotopic (exact) mass is 1480 g/mol. The number of hydrogen-bond donors (Lipinski definition) is 0. The highest BCUT2D eigenvalue weighted by molar-refractivity contribution is 6.18. The maximum atomic E-state index is 5.62. The normalized spacial score (nSPS) is 14.3. The van der Waals surface area contributed by atoms with Crippen molar-refractivity contribution in [3.8, 4) is 134 Å². The van der Waals surface area contributed by atoms with Crippen molar-refractivity contribution in [1.82, 2.24) is 19.9 Å². The summed E-state index contributed by atoms with van der Waals surface area (Å²) in [6, 6.07) is 124. The summed E-state index contributed by atoms with van der Waals surface area (Å²) in [5.74, 6) is 0. The number of fused-ring (bicyclic) bond motifs is 19. The predicted molar refractivity (Wildman–Crippen MR) is 485 cm³/mol. The van der Waals surface area contributed by atoms with E-state index < -0.39 is 0 Å². The molecule has 4 aliphatic carbocycles. The Balaban J connectivity index is 0.000000141. The molecular weight excluding hydrogens is 1400 g/mol. The molecule has 0 amide bonds. The Morgan fingerprint density at radius 3 is 0.879 bits per heavy atom. The number of benzene rings is 15.